The molecule has 0 aromatic heterocycles. The van der Waals surface area contributed by atoms with Crippen LogP contribution in [0.2, 0.25) is 0 Å². The smallest absolute Gasteiger partial charge is 0.387 e. The van der Waals surface area contributed by atoms with Gasteiger partial charge in [0.05, 0.1) is 12.2 Å². The van der Waals surface area contributed by atoms with Crippen molar-refractivity contribution >= 4 is 0 Å². The summed E-state index contributed by atoms with van der Waals surface area (Å²) in [4.78, 5) is 0. The van der Waals surface area contributed by atoms with E-state index in [0.29, 0.717) is 25.7 Å². The number of nitrogens with two attached hydrogens (primary N) is 2. The lowest BCUT2D eigenvalue weighted by Gasteiger charge is -2.30. The SMILES string of the molecule is NC1CCC(OC2=C(OC3CCC(N)CC3)C(F)(F)C(F)(F)C2(F)F)CC1. The molecule has 3 rings (SSSR count). The molecule has 10 heteroatoms. The summed E-state index contributed by atoms with van der Waals surface area (Å²) in [5.74, 6) is -19.4. The van der Waals surface area contributed by atoms with Crippen molar-refractivity contribution in [2.45, 2.75) is 93.4 Å². The first-order valence-electron chi connectivity index (χ1n) is 9.20. The normalized spacial score (nSPS) is 37.9. The minimum absolute atomic E-state index is 0.145. The van der Waals surface area contributed by atoms with Crippen LogP contribution in [-0.2, 0) is 9.47 Å². The second kappa shape index (κ2) is 7.02. The van der Waals surface area contributed by atoms with Gasteiger partial charge in [-0.15, -0.1) is 0 Å². The lowest BCUT2D eigenvalue weighted by molar-refractivity contribution is -0.279. The fraction of sp³-hybridized carbons (Fsp3) is 0.882. The van der Waals surface area contributed by atoms with E-state index in [9.17, 15) is 26.3 Å². The fourth-order valence-corrected chi connectivity index (χ4v) is 3.77. The molecule has 0 spiro atoms. The lowest BCUT2D eigenvalue weighted by atomic mass is 9.93. The van der Waals surface area contributed by atoms with Crippen molar-refractivity contribution in [3.63, 3.8) is 0 Å². The molecule has 3 aliphatic rings. The molecule has 0 amide bonds. The Balaban J connectivity index is 1.88. The molecule has 4 N–H and O–H groups in total. The van der Waals surface area contributed by atoms with Gasteiger partial charge in [-0.3, -0.25) is 0 Å². The minimum Gasteiger partial charge on any atom is -0.485 e. The van der Waals surface area contributed by atoms with Crippen molar-refractivity contribution in [3.8, 4) is 0 Å². The van der Waals surface area contributed by atoms with E-state index < -0.39 is 41.5 Å². The van der Waals surface area contributed by atoms with Crippen LogP contribution < -0.4 is 11.5 Å². The molecule has 0 aliphatic heterocycles. The van der Waals surface area contributed by atoms with Gasteiger partial charge in [-0.1, -0.05) is 0 Å². The predicted octanol–water partition coefficient (Wildman–Crippen LogP) is 3.69. The highest BCUT2D eigenvalue weighted by Gasteiger charge is 2.83. The van der Waals surface area contributed by atoms with E-state index in [4.69, 9.17) is 20.9 Å². The maximum absolute atomic E-state index is 14.2. The van der Waals surface area contributed by atoms with E-state index in [2.05, 4.69) is 0 Å². The number of ether oxygens (including phenoxy) is 2. The standard InChI is InChI=1S/C17H24F6N2O2/c18-15(19)13(26-11-5-1-9(24)2-6-11)14(16(20,21)17(15,22)23)27-12-7-3-10(25)4-8-12/h9-12H,1-8,24-25H2. The van der Waals surface area contributed by atoms with Gasteiger partial charge in [0.25, 0.3) is 0 Å². The van der Waals surface area contributed by atoms with Gasteiger partial charge in [-0.2, -0.15) is 26.3 Å². The van der Waals surface area contributed by atoms with Gasteiger partial charge < -0.3 is 20.9 Å². The number of halogens is 6. The summed E-state index contributed by atoms with van der Waals surface area (Å²) in [5, 5.41) is 0. The van der Waals surface area contributed by atoms with E-state index >= 15 is 0 Å². The molecule has 0 heterocycles. The van der Waals surface area contributed by atoms with Crippen molar-refractivity contribution in [2.75, 3.05) is 0 Å². The zero-order valence-electron chi connectivity index (χ0n) is 14.7. The van der Waals surface area contributed by atoms with Gasteiger partial charge in [0.2, 0.25) is 11.5 Å². The number of rotatable bonds is 4. The molecule has 0 radical (unpaired) electrons. The lowest BCUT2D eigenvalue weighted by Crippen LogP contribution is -2.50. The topological polar surface area (TPSA) is 70.5 Å². The Labute approximate surface area is 153 Å². The Bertz CT molecular complexity index is 534. The number of alkyl halides is 6. The molecule has 3 aliphatic carbocycles. The maximum atomic E-state index is 14.2. The summed E-state index contributed by atoms with van der Waals surface area (Å²) in [5.41, 5.74) is 11.4. The summed E-state index contributed by atoms with van der Waals surface area (Å²) >= 11 is 0. The summed E-state index contributed by atoms with van der Waals surface area (Å²) in [6.45, 7) is 0. The van der Waals surface area contributed by atoms with Crippen molar-refractivity contribution < 1.29 is 35.8 Å². The molecule has 0 atom stereocenters. The Morgan fingerprint density at radius 3 is 1.19 bits per heavy atom. The number of hydrogen-bond donors (Lipinski definition) is 2. The average molecular weight is 402 g/mol. The van der Waals surface area contributed by atoms with Crippen LogP contribution in [0.4, 0.5) is 26.3 Å². The van der Waals surface area contributed by atoms with E-state index in [0.717, 1.165) is 0 Å². The molecule has 0 aromatic carbocycles. The van der Waals surface area contributed by atoms with E-state index in [-0.39, 0.29) is 37.8 Å². The quantitative estimate of drug-likeness (QED) is 0.704. The van der Waals surface area contributed by atoms with Crippen LogP contribution in [0.5, 0.6) is 0 Å². The first kappa shape index (κ1) is 20.6. The first-order chi connectivity index (χ1) is 12.5. The van der Waals surface area contributed by atoms with Gasteiger partial charge >= 0.3 is 17.8 Å². The van der Waals surface area contributed by atoms with Gasteiger partial charge in [-0.25, -0.2) is 0 Å². The Morgan fingerprint density at radius 2 is 0.889 bits per heavy atom. The molecular formula is C17H24F6N2O2. The zero-order chi connectivity index (χ0) is 20.0. The van der Waals surface area contributed by atoms with Crippen molar-refractivity contribution in [2.24, 2.45) is 11.5 Å². The molecule has 0 unspecified atom stereocenters. The van der Waals surface area contributed by atoms with E-state index in [1.54, 1.807) is 0 Å². The summed E-state index contributed by atoms with van der Waals surface area (Å²) in [6.07, 6.45) is 0.891. The highest BCUT2D eigenvalue weighted by molar-refractivity contribution is 5.34. The van der Waals surface area contributed by atoms with Crippen LogP contribution in [0.3, 0.4) is 0 Å². The molecule has 2 fully saturated rings. The Morgan fingerprint density at radius 1 is 0.593 bits per heavy atom. The van der Waals surface area contributed by atoms with E-state index in [1.807, 2.05) is 0 Å². The third-order valence-corrected chi connectivity index (χ3v) is 5.57. The second-order valence-corrected chi connectivity index (χ2v) is 7.69. The number of allylic oxidation sites excluding steroid dienone is 2. The highest BCUT2D eigenvalue weighted by atomic mass is 19.3. The maximum Gasteiger partial charge on any atom is 0.387 e. The van der Waals surface area contributed by atoms with Crippen LogP contribution in [-0.4, -0.2) is 42.1 Å². The van der Waals surface area contributed by atoms with Crippen molar-refractivity contribution in [3.05, 3.63) is 11.5 Å². The summed E-state index contributed by atoms with van der Waals surface area (Å²) in [6, 6.07) is -0.291. The average Bonchev–Trinajstić information content (AvgIpc) is 2.69. The Hall–Kier alpha value is -1.16. The van der Waals surface area contributed by atoms with Gasteiger partial charge in [-0.05, 0) is 51.4 Å². The largest absolute Gasteiger partial charge is 0.485 e. The highest BCUT2D eigenvalue weighted by Crippen LogP contribution is 2.60. The zero-order valence-corrected chi connectivity index (χ0v) is 14.7. The van der Waals surface area contributed by atoms with Crippen LogP contribution in [0.1, 0.15) is 51.4 Å². The summed E-state index contributed by atoms with van der Waals surface area (Å²) < 4.78 is 94.8. The molecule has 156 valence electrons. The third kappa shape index (κ3) is 3.50. The van der Waals surface area contributed by atoms with Gasteiger partial charge in [0, 0.05) is 12.1 Å². The molecule has 0 saturated heterocycles. The fourth-order valence-electron chi connectivity index (χ4n) is 3.77. The van der Waals surface area contributed by atoms with Gasteiger partial charge in [0.1, 0.15) is 0 Å². The molecule has 4 nitrogen and oxygen atoms in total. The van der Waals surface area contributed by atoms with E-state index in [1.165, 1.54) is 0 Å². The number of hydrogen-bond acceptors (Lipinski definition) is 4. The van der Waals surface area contributed by atoms with Gasteiger partial charge in [0.15, 0.2) is 0 Å². The van der Waals surface area contributed by atoms with Crippen molar-refractivity contribution in [1.29, 1.82) is 0 Å². The second-order valence-electron chi connectivity index (χ2n) is 7.69. The van der Waals surface area contributed by atoms with Crippen LogP contribution >= 0.6 is 0 Å². The van der Waals surface area contributed by atoms with Crippen LogP contribution in [0.15, 0.2) is 11.5 Å². The molecule has 27 heavy (non-hydrogen) atoms. The Kier molecular flexibility index (Phi) is 5.35. The molecule has 0 bridgehead atoms. The monoisotopic (exact) mass is 402 g/mol. The van der Waals surface area contributed by atoms with Crippen LogP contribution in [0, 0.1) is 0 Å². The van der Waals surface area contributed by atoms with Crippen LogP contribution in [0.25, 0.3) is 0 Å². The summed E-state index contributed by atoms with van der Waals surface area (Å²) in [7, 11) is 0. The van der Waals surface area contributed by atoms with Crippen molar-refractivity contribution in [1.82, 2.24) is 0 Å². The molecule has 0 aromatic rings. The third-order valence-electron chi connectivity index (χ3n) is 5.57. The molecular weight excluding hydrogens is 378 g/mol. The first-order valence-corrected chi connectivity index (χ1v) is 9.20. The molecule has 2 saturated carbocycles. The predicted molar refractivity (Wildman–Crippen MR) is 84.5 cm³/mol. The minimum atomic E-state index is -5.62.